The van der Waals surface area contributed by atoms with Crippen LogP contribution in [0.2, 0.25) is 0 Å². The Hall–Kier alpha value is -3.91. The third-order valence-electron chi connectivity index (χ3n) is 7.32. The van der Waals surface area contributed by atoms with Crippen molar-refractivity contribution in [3.8, 4) is 28.3 Å². The lowest BCUT2D eigenvalue weighted by molar-refractivity contribution is -0.111. The average Bonchev–Trinajstić information content (AvgIpc) is 3.50. The highest BCUT2D eigenvalue weighted by molar-refractivity contribution is 6.02. The Morgan fingerprint density at radius 1 is 1.25 bits per heavy atom. The van der Waals surface area contributed by atoms with Gasteiger partial charge in [0.05, 0.1) is 29.2 Å². The van der Waals surface area contributed by atoms with Crippen molar-refractivity contribution in [2.24, 2.45) is 0 Å². The van der Waals surface area contributed by atoms with Crippen molar-refractivity contribution in [3.63, 3.8) is 0 Å². The van der Waals surface area contributed by atoms with E-state index in [4.69, 9.17) is 14.5 Å². The van der Waals surface area contributed by atoms with Crippen molar-refractivity contribution in [1.82, 2.24) is 15.3 Å². The van der Waals surface area contributed by atoms with E-state index < -0.39 is 0 Å². The Morgan fingerprint density at radius 3 is 2.89 bits per heavy atom. The number of carbonyl (C=O) groups excluding carboxylic acids is 2. The van der Waals surface area contributed by atoms with Crippen LogP contribution in [0, 0.1) is 0 Å². The summed E-state index contributed by atoms with van der Waals surface area (Å²) in [6, 6.07) is 7.67. The average molecular weight is 485 g/mol. The van der Waals surface area contributed by atoms with Crippen molar-refractivity contribution >= 4 is 17.5 Å². The molecule has 3 aromatic rings. The van der Waals surface area contributed by atoms with Gasteiger partial charge in [-0.15, -0.1) is 0 Å². The largest absolute Gasteiger partial charge is 0.489 e. The summed E-state index contributed by atoms with van der Waals surface area (Å²) in [5.74, 6) is 0.273. The van der Waals surface area contributed by atoms with Crippen LogP contribution >= 0.6 is 0 Å². The highest BCUT2D eigenvalue weighted by Gasteiger charge is 2.49. The molecule has 0 bridgehead atoms. The van der Waals surface area contributed by atoms with E-state index in [0.29, 0.717) is 24.7 Å². The van der Waals surface area contributed by atoms with Gasteiger partial charge in [-0.25, -0.2) is 0 Å². The maximum Gasteiger partial charge on any atom is 0.253 e. The van der Waals surface area contributed by atoms with Crippen molar-refractivity contribution < 1.29 is 19.1 Å². The number of aromatic nitrogens is 2. The van der Waals surface area contributed by atoms with Gasteiger partial charge in [-0.2, -0.15) is 0 Å². The molecule has 3 heterocycles. The summed E-state index contributed by atoms with van der Waals surface area (Å²) >= 11 is 0. The van der Waals surface area contributed by atoms with Gasteiger partial charge in [0.1, 0.15) is 12.4 Å². The summed E-state index contributed by atoms with van der Waals surface area (Å²) in [5, 5.41) is 6.06. The standard InChI is InChI=1S/C28H28N4O4/c1-3-24(33)30-21-12-16(5-7-23(21)36-11-10-35-2)20-13-19-17(15-29-20)4-6-18-25-22(31-26(18)19)14-28(8-9-28)32-27(25)34/h3,5,7,12-13,15,31H,1,4,6,8-11,14H2,2H3,(H,30,33)(H,32,34). The summed E-state index contributed by atoms with van der Waals surface area (Å²) in [6.07, 6.45) is 7.75. The van der Waals surface area contributed by atoms with Gasteiger partial charge in [0.15, 0.2) is 0 Å². The predicted octanol–water partition coefficient (Wildman–Crippen LogP) is 3.81. The molecule has 2 aromatic heterocycles. The number of aryl methyl sites for hydroxylation is 1. The van der Waals surface area contributed by atoms with Crippen LogP contribution in [0.5, 0.6) is 5.75 Å². The van der Waals surface area contributed by atoms with E-state index in [-0.39, 0.29) is 17.4 Å². The van der Waals surface area contributed by atoms with Gasteiger partial charge >= 0.3 is 0 Å². The molecule has 184 valence electrons. The number of ether oxygens (including phenoxy) is 2. The molecule has 8 nitrogen and oxygen atoms in total. The van der Waals surface area contributed by atoms with Gasteiger partial charge < -0.3 is 25.1 Å². The quantitative estimate of drug-likeness (QED) is 0.349. The van der Waals surface area contributed by atoms with E-state index in [1.165, 1.54) is 6.08 Å². The fourth-order valence-corrected chi connectivity index (χ4v) is 5.29. The van der Waals surface area contributed by atoms with Crippen LogP contribution in [0.4, 0.5) is 5.69 Å². The Bertz CT molecular complexity index is 1400. The number of fused-ring (bicyclic) bond motifs is 5. The molecular formula is C28H28N4O4. The number of hydrogen-bond donors (Lipinski definition) is 3. The molecule has 0 radical (unpaired) electrons. The second kappa shape index (κ2) is 8.64. The van der Waals surface area contributed by atoms with Crippen LogP contribution in [0.15, 0.2) is 43.1 Å². The number of hydrogen-bond acceptors (Lipinski definition) is 5. The Balaban J connectivity index is 1.37. The first kappa shape index (κ1) is 22.5. The molecule has 8 heteroatoms. The van der Waals surface area contributed by atoms with Crippen molar-refractivity contribution in [1.29, 1.82) is 0 Å². The number of rotatable bonds is 7. The monoisotopic (exact) mass is 484 g/mol. The number of carbonyl (C=O) groups is 2. The van der Waals surface area contributed by atoms with E-state index in [9.17, 15) is 9.59 Å². The number of amides is 2. The lowest BCUT2D eigenvalue weighted by Crippen LogP contribution is -2.43. The number of methoxy groups -OCH3 is 1. The summed E-state index contributed by atoms with van der Waals surface area (Å²) in [4.78, 5) is 33.3. The zero-order chi connectivity index (χ0) is 24.9. The minimum atomic E-state index is -0.324. The molecule has 2 amide bonds. The molecule has 3 N–H and O–H groups in total. The van der Waals surface area contributed by atoms with Gasteiger partial charge in [-0.05, 0) is 67.2 Å². The second-order valence-electron chi connectivity index (χ2n) is 9.72. The van der Waals surface area contributed by atoms with Gasteiger partial charge in [0, 0.05) is 42.1 Å². The summed E-state index contributed by atoms with van der Waals surface area (Å²) in [7, 11) is 1.61. The zero-order valence-corrected chi connectivity index (χ0v) is 20.2. The van der Waals surface area contributed by atoms with Crippen LogP contribution in [0.1, 0.15) is 40.0 Å². The first-order valence-electron chi connectivity index (χ1n) is 12.3. The van der Waals surface area contributed by atoms with Gasteiger partial charge in [0.25, 0.3) is 5.91 Å². The van der Waals surface area contributed by atoms with Crippen molar-refractivity contribution in [3.05, 3.63) is 65.5 Å². The molecule has 2 aliphatic carbocycles. The summed E-state index contributed by atoms with van der Waals surface area (Å²) < 4.78 is 10.9. The molecule has 1 spiro atoms. The lowest BCUT2D eigenvalue weighted by atomic mass is 9.87. The molecule has 6 rings (SSSR count). The number of nitrogens with one attached hydrogen (secondary N) is 3. The number of nitrogens with zero attached hydrogens (tertiary/aromatic N) is 1. The molecular weight excluding hydrogens is 456 g/mol. The molecule has 0 unspecified atom stereocenters. The third-order valence-corrected chi connectivity index (χ3v) is 7.32. The lowest BCUT2D eigenvalue weighted by Gasteiger charge is -2.24. The summed E-state index contributed by atoms with van der Waals surface area (Å²) in [5.41, 5.74) is 8.36. The molecule has 1 fully saturated rings. The van der Waals surface area contributed by atoms with Crippen LogP contribution in [0.25, 0.3) is 22.5 Å². The van der Waals surface area contributed by atoms with E-state index >= 15 is 0 Å². The Labute approximate surface area is 209 Å². The first-order chi connectivity index (χ1) is 17.5. The normalized spacial score (nSPS) is 16.4. The topological polar surface area (TPSA) is 105 Å². The molecule has 1 aromatic carbocycles. The number of pyridine rings is 1. The highest BCUT2D eigenvalue weighted by atomic mass is 16.5. The van der Waals surface area contributed by atoms with Gasteiger partial charge in [-0.3, -0.25) is 14.6 Å². The molecule has 0 saturated heterocycles. The fraction of sp³-hybridized carbons (Fsp3) is 0.321. The van der Waals surface area contributed by atoms with Crippen molar-refractivity contribution in [2.45, 2.75) is 37.6 Å². The zero-order valence-electron chi connectivity index (χ0n) is 20.2. The van der Waals surface area contributed by atoms with E-state index in [1.807, 2.05) is 24.4 Å². The molecule has 0 atom stereocenters. The minimum absolute atomic E-state index is 0.0386. The van der Waals surface area contributed by atoms with Crippen LogP contribution in [-0.2, 0) is 28.8 Å². The molecule has 1 saturated carbocycles. The Kier molecular flexibility index (Phi) is 5.41. The fourth-order valence-electron chi connectivity index (χ4n) is 5.29. The molecule has 1 aliphatic heterocycles. The molecule has 36 heavy (non-hydrogen) atoms. The highest BCUT2D eigenvalue weighted by Crippen LogP contribution is 2.46. The number of H-pyrrole nitrogens is 1. The van der Waals surface area contributed by atoms with E-state index in [2.05, 4.69) is 28.3 Å². The number of benzene rings is 1. The smallest absolute Gasteiger partial charge is 0.253 e. The number of aromatic amines is 1. The Morgan fingerprint density at radius 2 is 2.11 bits per heavy atom. The van der Waals surface area contributed by atoms with Crippen LogP contribution in [-0.4, -0.2) is 47.6 Å². The second-order valence-corrected chi connectivity index (χ2v) is 9.72. The maximum atomic E-state index is 12.9. The maximum absolute atomic E-state index is 12.9. The van der Waals surface area contributed by atoms with E-state index in [1.54, 1.807) is 7.11 Å². The number of anilines is 1. The van der Waals surface area contributed by atoms with Crippen molar-refractivity contribution in [2.75, 3.05) is 25.6 Å². The summed E-state index contributed by atoms with van der Waals surface area (Å²) in [6.45, 7) is 4.34. The minimum Gasteiger partial charge on any atom is -0.489 e. The first-order valence-corrected chi connectivity index (χ1v) is 12.3. The van der Waals surface area contributed by atoms with Gasteiger partial charge in [-0.1, -0.05) is 6.58 Å². The van der Waals surface area contributed by atoms with Crippen LogP contribution < -0.4 is 15.4 Å². The van der Waals surface area contributed by atoms with E-state index in [0.717, 1.165) is 77.0 Å². The van der Waals surface area contributed by atoms with Crippen LogP contribution in [0.3, 0.4) is 0 Å². The molecule has 3 aliphatic rings. The third kappa shape index (κ3) is 3.87. The van der Waals surface area contributed by atoms with Gasteiger partial charge in [0.2, 0.25) is 5.91 Å². The predicted molar refractivity (Wildman–Crippen MR) is 136 cm³/mol. The SMILES string of the molecule is C=CC(=O)Nc1cc(-c2cc3c(cn2)CCc2c-3[nH]c3c2C(=O)NC2(CC2)C3)ccc1OCCOC.